The van der Waals surface area contributed by atoms with E-state index in [0.29, 0.717) is 11.3 Å². The first kappa shape index (κ1) is 15.4. The minimum Gasteiger partial charge on any atom is -0.538 e. The number of Topliss-reactive ketones (excluding diaryl/α,β-unsaturated/α-hetero) is 1. The van der Waals surface area contributed by atoms with E-state index in [1.54, 1.807) is 20.1 Å². The molecule has 2 rings (SSSR count). The van der Waals surface area contributed by atoms with E-state index in [1.165, 1.54) is 0 Å². The summed E-state index contributed by atoms with van der Waals surface area (Å²) in [5.74, 6) is 0.589. The van der Waals surface area contributed by atoms with Crippen molar-refractivity contribution >= 4 is 14.1 Å². The molecule has 1 aromatic carbocycles. The molecular formula is C15H21NO4Si. The number of carbonyl (C=O) groups excluding carboxylic acids is 1. The molecule has 5 nitrogen and oxygen atoms in total. The predicted molar refractivity (Wildman–Crippen MR) is 82.1 cm³/mol. The maximum atomic E-state index is 12.7. The largest absolute Gasteiger partial charge is 0.538 e. The standard InChI is InChI=1S/C15H21NO4Si/c1-15(10-7-6-8-11(9-10)18-2)13(17)12(14(16)19-15)20-21(3,4)5/h6-9H,16H2,1-5H3. The maximum absolute atomic E-state index is 12.7. The van der Waals surface area contributed by atoms with Gasteiger partial charge in [-0.2, -0.15) is 0 Å². The van der Waals surface area contributed by atoms with Crippen LogP contribution in [0.15, 0.2) is 35.9 Å². The third-order valence-corrected chi connectivity index (χ3v) is 4.02. The number of rotatable bonds is 4. The van der Waals surface area contributed by atoms with Gasteiger partial charge in [0.2, 0.25) is 25.7 Å². The van der Waals surface area contributed by atoms with Crippen LogP contribution in [0.1, 0.15) is 12.5 Å². The molecule has 0 amide bonds. The van der Waals surface area contributed by atoms with Crippen LogP contribution in [0.2, 0.25) is 19.6 Å². The van der Waals surface area contributed by atoms with Gasteiger partial charge in [-0.1, -0.05) is 12.1 Å². The van der Waals surface area contributed by atoms with E-state index >= 15 is 0 Å². The van der Waals surface area contributed by atoms with Gasteiger partial charge in [0.25, 0.3) is 0 Å². The van der Waals surface area contributed by atoms with E-state index in [2.05, 4.69) is 0 Å². The summed E-state index contributed by atoms with van der Waals surface area (Å²) >= 11 is 0. The zero-order chi connectivity index (χ0) is 15.8. The summed E-state index contributed by atoms with van der Waals surface area (Å²) in [7, 11) is -0.376. The average molecular weight is 307 g/mol. The number of hydrogen-bond acceptors (Lipinski definition) is 5. The monoisotopic (exact) mass is 307 g/mol. The fourth-order valence-electron chi connectivity index (χ4n) is 2.15. The van der Waals surface area contributed by atoms with Gasteiger partial charge in [-0.3, -0.25) is 4.79 Å². The highest BCUT2D eigenvalue weighted by Crippen LogP contribution is 2.39. The van der Waals surface area contributed by atoms with Crippen LogP contribution in [0.4, 0.5) is 0 Å². The fourth-order valence-corrected chi connectivity index (χ4v) is 2.96. The fraction of sp³-hybridized carbons (Fsp3) is 0.400. The lowest BCUT2D eigenvalue weighted by molar-refractivity contribution is -0.131. The Morgan fingerprint density at radius 3 is 2.52 bits per heavy atom. The van der Waals surface area contributed by atoms with Gasteiger partial charge in [0.1, 0.15) is 5.75 Å². The number of ketones is 1. The Labute approximate surface area is 125 Å². The molecule has 6 heteroatoms. The molecule has 0 fully saturated rings. The smallest absolute Gasteiger partial charge is 0.249 e. The van der Waals surface area contributed by atoms with Gasteiger partial charge < -0.3 is 19.6 Å². The van der Waals surface area contributed by atoms with E-state index in [-0.39, 0.29) is 17.4 Å². The number of ether oxygens (including phenoxy) is 2. The van der Waals surface area contributed by atoms with Gasteiger partial charge in [0.15, 0.2) is 5.60 Å². The maximum Gasteiger partial charge on any atom is 0.249 e. The van der Waals surface area contributed by atoms with Gasteiger partial charge in [-0.05, 0) is 38.7 Å². The van der Waals surface area contributed by atoms with Crippen molar-refractivity contribution in [3.8, 4) is 5.75 Å². The number of methoxy groups -OCH3 is 1. The number of hydrogen-bond donors (Lipinski definition) is 1. The van der Waals surface area contributed by atoms with Crippen LogP contribution in [0.5, 0.6) is 5.75 Å². The Hall–Kier alpha value is -1.95. The molecule has 0 aliphatic carbocycles. The molecule has 0 saturated heterocycles. The normalized spacial score (nSPS) is 22.2. The number of benzene rings is 1. The lowest BCUT2D eigenvalue weighted by Gasteiger charge is -2.24. The first-order valence-corrected chi connectivity index (χ1v) is 10.2. The zero-order valence-corrected chi connectivity index (χ0v) is 14.0. The minimum absolute atomic E-state index is 0.0488. The molecule has 0 aromatic heterocycles. The van der Waals surface area contributed by atoms with Crippen molar-refractivity contribution in [2.24, 2.45) is 5.73 Å². The van der Waals surface area contributed by atoms with Crippen LogP contribution in [0, 0.1) is 0 Å². The van der Waals surface area contributed by atoms with Gasteiger partial charge in [0, 0.05) is 5.56 Å². The average Bonchev–Trinajstić information content (AvgIpc) is 2.62. The molecule has 21 heavy (non-hydrogen) atoms. The molecule has 2 N–H and O–H groups in total. The molecule has 0 spiro atoms. The van der Waals surface area contributed by atoms with E-state index in [1.807, 2.05) is 37.8 Å². The predicted octanol–water partition coefficient (Wildman–Crippen LogP) is 2.49. The Morgan fingerprint density at radius 2 is 1.95 bits per heavy atom. The SMILES string of the molecule is COc1cccc(C2(C)OC(N)=C(O[Si](C)(C)C)C2=O)c1. The molecule has 0 bridgehead atoms. The van der Waals surface area contributed by atoms with Crippen LogP contribution in [0.3, 0.4) is 0 Å². The van der Waals surface area contributed by atoms with Crippen molar-refractivity contribution in [2.45, 2.75) is 32.2 Å². The number of carbonyl (C=O) groups is 1. The quantitative estimate of drug-likeness (QED) is 0.865. The summed E-state index contributed by atoms with van der Waals surface area (Å²) in [6.45, 7) is 7.66. The van der Waals surface area contributed by atoms with Gasteiger partial charge in [-0.15, -0.1) is 0 Å². The van der Waals surface area contributed by atoms with Crippen LogP contribution in [0.25, 0.3) is 0 Å². The summed E-state index contributed by atoms with van der Waals surface area (Å²) in [5.41, 5.74) is 5.37. The van der Waals surface area contributed by atoms with Crippen LogP contribution in [-0.2, 0) is 19.6 Å². The molecule has 0 radical (unpaired) electrons. The van der Waals surface area contributed by atoms with Crippen molar-refractivity contribution < 1.29 is 18.7 Å². The van der Waals surface area contributed by atoms with Crippen molar-refractivity contribution in [2.75, 3.05) is 7.11 Å². The summed E-state index contributed by atoms with van der Waals surface area (Å²) in [6.07, 6.45) is 0. The van der Waals surface area contributed by atoms with Crippen molar-refractivity contribution in [1.29, 1.82) is 0 Å². The van der Waals surface area contributed by atoms with Gasteiger partial charge >= 0.3 is 0 Å². The first-order valence-electron chi connectivity index (χ1n) is 6.74. The second-order valence-corrected chi connectivity index (χ2v) is 10.5. The highest BCUT2D eigenvalue weighted by atomic mass is 28.4. The van der Waals surface area contributed by atoms with E-state index in [4.69, 9.17) is 19.6 Å². The van der Waals surface area contributed by atoms with Crippen LogP contribution in [-0.4, -0.2) is 21.2 Å². The Bertz CT molecular complexity index is 606. The Balaban J connectivity index is 2.36. The van der Waals surface area contributed by atoms with Gasteiger partial charge in [-0.25, -0.2) is 0 Å². The summed E-state index contributed by atoms with van der Waals surface area (Å²) in [5, 5.41) is 0. The lowest BCUT2D eigenvalue weighted by Crippen LogP contribution is -2.34. The van der Waals surface area contributed by atoms with E-state index in [9.17, 15) is 4.79 Å². The molecular weight excluding hydrogens is 286 g/mol. The second kappa shape index (κ2) is 5.11. The first-order chi connectivity index (χ1) is 9.67. The molecule has 1 aliphatic heterocycles. The highest BCUT2D eigenvalue weighted by Gasteiger charge is 2.49. The Morgan fingerprint density at radius 1 is 1.29 bits per heavy atom. The molecule has 114 valence electrons. The van der Waals surface area contributed by atoms with Crippen molar-refractivity contribution in [1.82, 2.24) is 0 Å². The topological polar surface area (TPSA) is 70.8 Å². The summed E-state index contributed by atoms with van der Waals surface area (Å²) in [6, 6.07) is 7.19. The van der Waals surface area contributed by atoms with E-state index in [0.717, 1.165) is 0 Å². The second-order valence-electron chi connectivity index (χ2n) is 6.10. The van der Waals surface area contributed by atoms with Crippen molar-refractivity contribution in [3.05, 3.63) is 41.5 Å². The molecule has 1 aliphatic rings. The van der Waals surface area contributed by atoms with Crippen LogP contribution < -0.4 is 10.5 Å². The molecule has 1 unspecified atom stereocenters. The summed E-state index contributed by atoms with van der Waals surface area (Å²) < 4.78 is 16.6. The summed E-state index contributed by atoms with van der Waals surface area (Å²) in [4.78, 5) is 12.7. The molecule has 0 saturated carbocycles. The highest BCUT2D eigenvalue weighted by molar-refractivity contribution is 6.70. The third kappa shape index (κ3) is 2.90. The van der Waals surface area contributed by atoms with E-state index < -0.39 is 13.9 Å². The number of nitrogens with two attached hydrogens (primary N) is 1. The Kier molecular flexibility index (Phi) is 3.75. The molecule has 1 heterocycles. The molecule has 1 aromatic rings. The lowest BCUT2D eigenvalue weighted by atomic mass is 9.91. The third-order valence-electron chi connectivity index (χ3n) is 3.21. The minimum atomic E-state index is -1.95. The zero-order valence-electron chi connectivity index (χ0n) is 13.0. The van der Waals surface area contributed by atoms with Crippen LogP contribution >= 0.6 is 0 Å². The molecule has 1 atom stereocenters. The van der Waals surface area contributed by atoms with Gasteiger partial charge in [0.05, 0.1) is 7.11 Å². The van der Waals surface area contributed by atoms with Crippen molar-refractivity contribution in [3.63, 3.8) is 0 Å².